The smallest absolute Gasteiger partial charge is 0.120 e. The predicted octanol–water partition coefficient (Wildman–Crippen LogP) is 6.34. The van der Waals surface area contributed by atoms with Crippen LogP contribution in [-0.2, 0) is 0 Å². The van der Waals surface area contributed by atoms with Gasteiger partial charge in [-0.3, -0.25) is 0 Å². The Morgan fingerprint density at radius 2 is 0.962 bits per heavy atom. The molecule has 0 aliphatic heterocycles. The molecule has 2 aromatic carbocycles. The van der Waals surface area contributed by atoms with Gasteiger partial charge >= 0.3 is 0 Å². The highest BCUT2D eigenvalue weighted by atomic mass is 79.9. The summed E-state index contributed by atoms with van der Waals surface area (Å²) in [6.45, 7) is 0. The van der Waals surface area contributed by atoms with Crippen molar-refractivity contribution in [2.24, 2.45) is 0 Å². The van der Waals surface area contributed by atoms with Gasteiger partial charge < -0.3 is 0 Å². The van der Waals surface area contributed by atoms with Crippen molar-refractivity contribution in [2.45, 2.75) is 0 Å². The minimum atomic E-state index is 0.778. The van der Waals surface area contributed by atoms with Crippen LogP contribution in [0, 0.1) is 0 Å². The van der Waals surface area contributed by atoms with E-state index in [1.54, 1.807) is 0 Å². The molecule has 0 aliphatic rings. The van der Waals surface area contributed by atoms with E-state index in [2.05, 4.69) is 49.4 Å². The lowest BCUT2D eigenvalue weighted by atomic mass is 10.1. The molecule has 0 amide bonds. The lowest BCUT2D eigenvalue weighted by Crippen LogP contribution is -1.89. The highest BCUT2D eigenvalue weighted by Gasteiger charge is 2.21. The van der Waals surface area contributed by atoms with Crippen LogP contribution in [0.3, 0.4) is 0 Å². The number of halogens is 2. The quantitative estimate of drug-likeness (QED) is 0.324. The van der Waals surface area contributed by atoms with Gasteiger partial charge in [0.2, 0.25) is 0 Å². The first-order chi connectivity index (χ1) is 12.8. The van der Waals surface area contributed by atoms with Crippen molar-refractivity contribution in [1.82, 2.24) is 17.5 Å². The van der Waals surface area contributed by atoms with E-state index < -0.39 is 0 Å². The summed E-state index contributed by atoms with van der Waals surface area (Å²) in [6, 6.07) is 20.0. The molecule has 4 aromatic rings. The minimum absolute atomic E-state index is 0.778. The average molecular weight is 506 g/mol. The second-order valence-electron chi connectivity index (χ2n) is 5.28. The van der Waals surface area contributed by atoms with E-state index in [1.165, 1.54) is 23.5 Å². The van der Waals surface area contributed by atoms with E-state index in [4.69, 9.17) is 0 Å². The molecule has 26 heavy (non-hydrogen) atoms. The van der Waals surface area contributed by atoms with Crippen molar-refractivity contribution < 1.29 is 0 Å². The lowest BCUT2D eigenvalue weighted by Gasteiger charge is -2.05. The van der Waals surface area contributed by atoms with Crippen molar-refractivity contribution in [1.29, 1.82) is 0 Å². The maximum absolute atomic E-state index is 4.48. The molecule has 0 N–H and O–H groups in total. The molecular formula is C18H10Br2N4S2. The van der Waals surface area contributed by atoms with Crippen LogP contribution in [0.5, 0.6) is 0 Å². The molecule has 4 nitrogen and oxygen atoms in total. The van der Waals surface area contributed by atoms with Gasteiger partial charge in [0.1, 0.15) is 22.8 Å². The zero-order chi connectivity index (χ0) is 17.9. The monoisotopic (exact) mass is 504 g/mol. The Kier molecular flexibility index (Phi) is 5.35. The molecular weight excluding hydrogens is 496 g/mol. The Morgan fingerprint density at radius 1 is 0.577 bits per heavy atom. The van der Waals surface area contributed by atoms with Crippen LogP contribution in [0.2, 0.25) is 0 Å². The van der Waals surface area contributed by atoms with Gasteiger partial charge in [0, 0.05) is 11.1 Å². The van der Waals surface area contributed by atoms with Crippen LogP contribution >= 0.6 is 55.3 Å². The fourth-order valence-corrected chi connectivity index (χ4v) is 4.75. The summed E-state index contributed by atoms with van der Waals surface area (Å²) in [7, 11) is 0. The van der Waals surface area contributed by atoms with Gasteiger partial charge in [0.25, 0.3) is 0 Å². The zero-order valence-electron chi connectivity index (χ0n) is 13.1. The fraction of sp³-hybridized carbons (Fsp3) is 0. The Labute approximate surface area is 175 Å². The second kappa shape index (κ2) is 7.87. The van der Waals surface area contributed by atoms with Crippen LogP contribution < -0.4 is 0 Å². The summed E-state index contributed by atoms with van der Waals surface area (Å²) < 4.78 is 19.5. The highest BCUT2D eigenvalue weighted by molar-refractivity contribution is 9.18. The summed E-state index contributed by atoms with van der Waals surface area (Å²) in [5, 5.41) is 0. The van der Waals surface area contributed by atoms with Crippen LogP contribution in [-0.4, -0.2) is 17.5 Å². The van der Waals surface area contributed by atoms with Crippen molar-refractivity contribution in [2.75, 3.05) is 0 Å². The summed E-state index contributed by atoms with van der Waals surface area (Å²) in [5.41, 5.74) is 5.27. The zero-order valence-corrected chi connectivity index (χ0v) is 17.9. The third-order valence-electron chi connectivity index (χ3n) is 3.68. The van der Waals surface area contributed by atoms with Gasteiger partial charge in [-0.15, -0.1) is 0 Å². The Balaban J connectivity index is 1.80. The molecule has 4 rings (SSSR count). The molecule has 2 heterocycles. The van der Waals surface area contributed by atoms with Crippen molar-refractivity contribution in [3.05, 3.63) is 72.1 Å². The van der Waals surface area contributed by atoms with Crippen molar-refractivity contribution in [3.8, 4) is 22.5 Å². The van der Waals surface area contributed by atoms with Crippen LogP contribution in [0.25, 0.3) is 31.5 Å². The molecule has 0 radical (unpaired) electrons. The third kappa shape index (κ3) is 3.42. The third-order valence-corrected chi connectivity index (χ3v) is 6.81. The van der Waals surface area contributed by atoms with Crippen LogP contribution in [0.1, 0.15) is 11.4 Å². The SMILES string of the molecule is Br/C(=C(\Br)c1nsnc1-c1ccccc1)c1nsnc1-c1ccccc1. The average Bonchev–Trinajstić information content (AvgIpc) is 3.38. The molecule has 0 unspecified atom stereocenters. The molecule has 8 heteroatoms. The maximum Gasteiger partial charge on any atom is 0.120 e. The number of hydrogen-bond donors (Lipinski definition) is 0. The van der Waals surface area contributed by atoms with Gasteiger partial charge in [-0.05, 0) is 31.9 Å². The highest BCUT2D eigenvalue weighted by Crippen LogP contribution is 2.41. The molecule has 128 valence electrons. The summed E-state index contributed by atoms with van der Waals surface area (Å²) in [4.78, 5) is 0. The lowest BCUT2D eigenvalue weighted by molar-refractivity contribution is 1.43. The van der Waals surface area contributed by atoms with Gasteiger partial charge in [-0.2, -0.15) is 17.5 Å². The Hall–Kier alpha value is -1.74. The normalized spacial score (nSPS) is 12.1. The molecule has 0 spiro atoms. The minimum Gasteiger partial charge on any atom is -0.172 e. The maximum atomic E-state index is 4.48. The first kappa shape index (κ1) is 17.7. The van der Waals surface area contributed by atoms with Gasteiger partial charge in [-0.1, -0.05) is 60.7 Å². The molecule has 0 fully saturated rings. The van der Waals surface area contributed by atoms with E-state index >= 15 is 0 Å². The number of rotatable bonds is 4. The molecule has 0 saturated carbocycles. The van der Waals surface area contributed by atoms with E-state index in [9.17, 15) is 0 Å². The number of benzene rings is 2. The van der Waals surface area contributed by atoms with E-state index in [0.29, 0.717) is 0 Å². The molecule has 2 aromatic heterocycles. The fourth-order valence-electron chi connectivity index (χ4n) is 2.44. The van der Waals surface area contributed by atoms with Crippen molar-refractivity contribution in [3.63, 3.8) is 0 Å². The Morgan fingerprint density at radius 3 is 1.35 bits per heavy atom. The molecule has 0 atom stereocenters. The number of hydrogen-bond acceptors (Lipinski definition) is 6. The van der Waals surface area contributed by atoms with Gasteiger partial charge in [0.15, 0.2) is 0 Å². The summed E-state index contributed by atoms with van der Waals surface area (Å²) in [5.74, 6) is 0. The number of nitrogens with zero attached hydrogens (tertiary/aromatic N) is 4. The van der Waals surface area contributed by atoms with E-state index in [0.717, 1.165) is 42.9 Å². The van der Waals surface area contributed by atoms with E-state index in [1.807, 2.05) is 60.7 Å². The predicted molar refractivity (Wildman–Crippen MR) is 115 cm³/mol. The topological polar surface area (TPSA) is 51.6 Å². The summed E-state index contributed by atoms with van der Waals surface area (Å²) in [6.07, 6.45) is 0. The summed E-state index contributed by atoms with van der Waals surface area (Å²) >= 11 is 9.73. The van der Waals surface area contributed by atoms with Crippen molar-refractivity contribution >= 4 is 64.3 Å². The van der Waals surface area contributed by atoms with E-state index in [-0.39, 0.29) is 0 Å². The first-order valence-electron chi connectivity index (χ1n) is 7.57. The van der Waals surface area contributed by atoms with Crippen LogP contribution in [0.15, 0.2) is 60.7 Å². The first-order valence-corrected chi connectivity index (χ1v) is 10.6. The molecule has 0 bridgehead atoms. The van der Waals surface area contributed by atoms with Crippen LogP contribution in [0.4, 0.5) is 0 Å². The largest absolute Gasteiger partial charge is 0.172 e. The van der Waals surface area contributed by atoms with Gasteiger partial charge in [0.05, 0.1) is 32.4 Å². The van der Waals surface area contributed by atoms with Gasteiger partial charge in [-0.25, -0.2) is 0 Å². The number of aromatic nitrogens is 4. The standard InChI is InChI=1S/C18H10Br2N4S2/c19-13(17-15(21-25-23-17)11-7-3-1-4-8-11)14(20)18-16(22-26-24-18)12-9-5-2-6-10-12/h1-10H/b14-13-. The molecule has 0 saturated heterocycles. The second-order valence-corrected chi connectivity index (χ2v) is 7.93. The molecule has 0 aliphatic carbocycles. The Bertz CT molecular complexity index is 973.